The summed E-state index contributed by atoms with van der Waals surface area (Å²) in [5, 5.41) is 10.9. The van der Waals surface area contributed by atoms with Crippen LogP contribution in [0.25, 0.3) is 0 Å². The van der Waals surface area contributed by atoms with Gasteiger partial charge in [-0.15, -0.1) is 0 Å². The zero-order valence-electron chi connectivity index (χ0n) is 14.5. The molecule has 0 aliphatic carbocycles. The topological polar surface area (TPSA) is 69.6 Å². The number of pyridine rings is 2. The molecule has 0 aromatic carbocycles. The van der Waals surface area contributed by atoms with Crippen LogP contribution in [0.5, 0.6) is 0 Å². The monoisotopic (exact) mass is 340 g/mol. The highest BCUT2D eigenvalue weighted by Gasteiger charge is 2.38. The number of anilines is 1. The van der Waals surface area contributed by atoms with E-state index in [0.29, 0.717) is 32.4 Å². The quantitative estimate of drug-likeness (QED) is 0.863. The van der Waals surface area contributed by atoms with Crippen LogP contribution in [0.2, 0.25) is 0 Å². The fraction of sp³-hybridized carbons (Fsp3) is 0.421. The largest absolute Gasteiger partial charge is 0.386 e. The highest BCUT2D eigenvalue weighted by Crippen LogP contribution is 2.26. The number of rotatable bonds is 6. The first-order valence-electron chi connectivity index (χ1n) is 8.57. The van der Waals surface area contributed by atoms with Crippen molar-refractivity contribution in [1.82, 2.24) is 14.9 Å². The molecule has 3 rings (SSSR count). The van der Waals surface area contributed by atoms with E-state index in [-0.39, 0.29) is 5.91 Å². The van der Waals surface area contributed by atoms with Gasteiger partial charge in [-0.2, -0.15) is 0 Å². The van der Waals surface area contributed by atoms with Crippen LogP contribution in [-0.2, 0) is 11.2 Å². The van der Waals surface area contributed by atoms with E-state index in [1.54, 1.807) is 30.5 Å². The molecule has 0 unspecified atom stereocenters. The van der Waals surface area contributed by atoms with E-state index >= 15 is 0 Å². The lowest BCUT2D eigenvalue weighted by molar-refractivity contribution is -0.132. The Labute approximate surface area is 148 Å². The molecule has 2 aromatic rings. The summed E-state index contributed by atoms with van der Waals surface area (Å²) in [6.45, 7) is 1.57. The lowest BCUT2D eigenvalue weighted by Gasteiger charge is -2.29. The van der Waals surface area contributed by atoms with Crippen LogP contribution >= 0.6 is 0 Å². The molecule has 0 radical (unpaired) electrons. The molecular weight excluding hydrogens is 316 g/mol. The van der Waals surface area contributed by atoms with Gasteiger partial charge in [0.1, 0.15) is 11.4 Å². The van der Waals surface area contributed by atoms with E-state index in [1.807, 2.05) is 30.3 Å². The van der Waals surface area contributed by atoms with E-state index < -0.39 is 5.60 Å². The summed E-state index contributed by atoms with van der Waals surface area (Å²) in [7, 11) is 1.76. The van der Waals surface area contributed by atoms with Gasteiger partial charge in [0.05, 0.1) is 6.54 Å². The summed E-state index contributed by atoms with van der Waals surface area (Å²) in [5.41, 5.74) is 0.154. The zero-order valence-corrected chi connectivity index (χ0v) is 14.5. The van der Waals surface area contributed by atoms with Crippen molar-refractivity contribution in [3.05, 3.63) is 54.5 Å². The molecule has 1 aliphatic rings. The van der Waals surface area contributed by atoms with Gasteiger partial charge in [-0.1, -0.05) is 12.1 Å². The number of carbonyl (C=O) groups is 1. The highest BCUT2D eigenvalue weighted by atomic mass is 16.3. The van der Waals surface area contributed by atoms with E-state index in [4.69, 9.17) is 0 Å². The van der Waals surface area contributed by atoms with Gasteiger partial charge in [0.25, 0.3) is 0 Å². The van der Waals surface area contributed by atoms with E-state index in [0.717, 1.165) is 17.9 Å². The fourth-order valence-corrected chi connectivity index (χ4v) is 3.24. The first-order chi connectivity index (χ1) is 12.1. The van der Waals surface area contributed by atoms with Gasteiger partial charge in [0, 0.05) is 45.1 Å². The molecule has 1 N–H and O–H groups in total. The first-order valence-corrected chi connectivity index (χ1v) is 8.57. The average Bonchev–Trinajstić information content (AvgIpc) is 3.03. The van der Waals surface area contributed by atoms with Crippen molar-refractivity contribution in [2.45, 2.75) is 24.9 Å². The second-order valence-electron chi connectivity index (χ2n) is 6.69. The van der Waals surface area contributed by atoms with Crippen molar-refractivity contribution in [1.29, 1.82) is 0 Å². The number of aliphatic hydroxyl groups is 1. The van der Waals surface area contributed by atoms with Crippen molar-refractivity contribution in [2.24, 2.45) is 0 Å². The number of β-amino-alcohol motifs (C(OH)–C–C–N with tert-alkyl or cyclic N) is 1. The van der Waals surface area contributed by atoms with Crippen molar-refractivity contribution < 1.29 is 9.90 Å². The summed E-state index contributed by atoms with van der Waals surface area (Å²) < 4.78 is 0. The number of likely N-dealkylation sites (N-methyl/N-ethyl adjacent to an activating group) is 1. The Morgan fingerprint density at radius 2 is 2.20 bits per heavy atom. The van der Waals surface area contributed by atoms with Gasteiger partial charge in [-0.25, -0.2) is 4.98 Å². The summed E-state index contributed by atoms with van der Waals surface area (Å²) >= 11 is 0. The van der Waals surface area contributed by atoms with Crippen LogP contribution in [0.4, 0.5) is 5.82 Å². The molecule has 0 bridgehead atoms. The van der Waals surface area contributed by atoms with Crippen LogP contribution in [0.3, 0.4) is 0 Å². The maximum absolute atomic E-state index is 12.4. The van der Waals surface area contributed by atoms with E-state index in [1.165, 1.54) is 0 Å². The van der Waals surface area contributed by atoms with Gasteiger partial charge in [-0.3, -0.25) is 9.78 Å². The predicted molar refractivity (Wildman–Crippen MR) is 96.2 cm³/mol. The Morgan fingerprint density at radius 3 is 2.92 bits per heavy atom. The minimum absolute atomic E-state index is 0.0357. The standard InChI is InChI=1S/C19H24N4O2/c1-22(18(24)8-7-16-5-4-10-20-13-16)14-19(25)9-12-23(15-19)17-6-2-3-11-21-17/h2-6,10-11,13,25H,7-9,12,14-15H2,1H3/t19-/m0/s1. The number of amides is 1. The molecule has 6 nitrogen and oxygen atoms in total. The Kier molecular flexibility index (Phi) is 5.28. The Bertz CT molecular complexity index is 695. The first kappa shape index (κ1) is 17.4. The van der Waals surface area contributed by atoms with Gasteiger partial charge in [0.2, 0.25) is 5.91 Å². The summed E-state index contributed by atoms with van der Waals surface area (Å²) in [5.74, 6) is 0.901. The molecule has 0 saturated carbocycles. The SMILES string of the molecule is CN(C[C@@]1(O)CCN(c2ccccn2)C1)C(=O)CCc1cccnc1. The molecule has 132 valence electrons. The maximum Gasteiger partial charge on any atom is 0.222 e. The Balaban J connectivity index is 1.51. The second kappa shape index (κ2) is 7.61. The van der Waals surface area contributed by atoms with Crippen LogP contribution in [-0.4, -0.2) is 58.2 Å². The van der Waals surface area contributed by atoms with Crippen LogP contribution in [0, 0.1) is 0 Å². The average molecular weight is 340 g/mol. The molecule has 1 aliphatic heterocycles. The van der Waals surface area contributed by atoms with Gasteiger partial charge in [-0.05, 0) is 36.6 Å². The van der Waals surface area contributed by atoms with Crippen molar-refractivity contribution in [3.8, 4) is 0 Å². The number of carbonyl (C=O) groups excluding carboxylic acids is 1. The predicted octanol–water partition coefficient (Wildman–Crippen LogP) is 1.51. The van der Waals surface area contributed by atoms with Crippen LogP contribution < -0.4 is 4.90 Å². The molecule has 1 atom stereocenters. The number of hydrogen-bond donors (Lipinski definition) is 1. The number of hydrogen-bond acceptors (Lipinski definition) is 5. The molecule has 0 spiro atoms. The summed E-state index contributed by atoms with van der Waals surface area (Å²) in [4.78, 5) is 24.5. The summed E-state index contributed by atoms with van der Waals surface area (Å²) in [6.07, 6.45) is 6.96. The van der Waals surface area contributed by atoms with E-state index in [9.17, 15) is 9.90 Å². The Morgan fingerprint density at radius 1 is 1.32 bits per heavy atom. The molecule has 3 heterocycles. The molecule has 1 amide bonds. The van der Waals surface area contributed by atoms with Crippen molar-refractivity contribution >= 4 is 11.7 Å². The highest BCUT2D eigenvalue weighted by molar-refractivity contribution is 5.76. The third kappa shape index (κ3) is 4.54. The van der Waals surface area contributed by atoms with Crippen molar-refractivity contribution in [3.63, 3.8) is 0 Å². The van der Waals surface area contributed by atoms with Crippen molar-refractivity contribution in [2.75, 3.05) is 31.6 Å². The van der Waals surface area contributed by atoms with Crippen LogP contribution in [0.1, 0.15) is 18.4 Å². The molecule has 25 heavy (non-hydrogen) atoms. The number of aryl methyl sites for hydroxylation is 1. The van der Waals surface area contributed by atoms with Gasteiger partial charge < -0.3 is 14.9 Å². The van der Waals surface area contributed by atoms with Crippen LogP contribution in [0.15, 0.2) is 48.9 Å². The third-order valence-electron chi connectivity index (χ3n) is 4.61. The second-order valence-corrected chi connectivity index (χ2v) is 6.69. The molecular formula is C19H24N4O2. The van der Waals surface area contributed by atoms with Gasteiger partial charge in [0.15, 0.2) is 0 Å². The molecule has 6 heteroatoms. The minimum atomic E-state index is -0.893. The van der Waals surface area contributed by atoms with Gasteiger partial charge >= 0.3 is 0 Å². The lowest BCUT2D eigenvalue weighted by Crippen LogP contribution is -2.46. The minimum Gasteiger partial charge on any atom is -0.386 e. The number of nitrogens with zero attached hydrogens (tertiary/aromatic N) is 4. The smallest absolute Gasteiger partial charge is 0.222 e. The molecule has 1 saturated heterocycles. The third-order valence-corrected chi connectivity index (χ3v) is 4.61. The zero-order chi connectivity index (χ0) is 17.7. The fourth-order valence-electron chi connectivity index (χ4n) is 3.24. The lowest BCUT2D eigenvalue weighted by atomic mass is 10.0. The Hall–Kier alpha value is -2.47. The summed E-state index contributed by atoms with van der Waals surface area (Å²) in [6, 6.07) is 9.59. The number of aromatic nitrogens is 2. The van der Waals surface area contributed by atoms with E-state index in [2.05, 4.69) is 14.9 Å². The maximum atomic E-state index is 12.4. The molecule has 2 aromatic heterocycles. The normalized spacial score (nSPS) is 19.8. The molecule has 1 fully saturated rings.